The first-order valence-corrected chi connectivity index (χ1v) is 12.1. The molecule has 6 heteroatoms. The van der Waals surface area contributed by atoms with E-state index >= 15 is 0 Å². The van der Waals surface area contributed by atoms with Crippen LogP contribution < -0.4 is 10.5 Å². The molecule has 0 radical (unpaired) electrons. The van der Waals surface area contributed by atoms with Crippen molar-refractivity contribution in [2.24, 2.45) is 0 Å². The van der Waals surface area contributed by atoms with Crippen molar-refractivity contribution in [3.05, 3.63) is 107 Å². The largest absolute Gasteiger partial charge is 0.404 e. The van der Waals surface area contributed by atoms with Gasteiger partial charge in [0.25, 0.3) is 5.91 Å². The highest BCUT2D eigenvalue weighted by molar-refractivity contribution is 6.83. The normalized spacial score (nSPS) is 11.8. The molecule has 0 spiro atoms. The Kier molecular flexibility index (Phi) is 6.13. The second-order valence-corrected chi connectivity index (χ2v) is 9.78. The van der Waals surface area contributed by atoms with Gasteiger partial charge in [-0.15, -0.1) is 0 Å². The third-order valence-corrected chi connectivity index (χ3v) is 7.03. The molecule has 1 heterocycles. The molecule has 0 fully saturated rings. The summed E-state index contributed by atoms with van der Waals surface area (Å²) in [5, 5.41) is 4.64. The van der Waals surface area contributed by atoms with Gasteiger partial charge in [0.15, 0.2) is 0 Å². The number of carbonyl (C=O) groups excluding carboxylic acids is 1. The minimum absolute atomic E-state index is 0.158. The number of para-hydroxylation sites is 1. The van der Waals surface area contributed by atoms with Crippen LogP contribution in [0, 0.1) is 0 Å². The number of aromatic nitrogens is 1. The molecule has 3 aromatic carbocycles. The average Bonchev–Trinajstić information content (AvgIpc) is 3.22. The molecule has 0 aliphatic carbocycles. The smallest absolute Gasteiger partial charge is 0.394 e. The Balaban J connectivity index is 1.39. The summed E-state index contributed by atoms with van der Waals surface area (Å²) in [7, 11) is -3.67. The maximum atomic E-state index is 12.6. The van der Waals surface area contributed by atoms with Crippen molar-refractivity contribution in [2.75, 3.05) is 6.54 Å². The number of rotatable bonds is 7. The van der Waals surface area contributed by atoms with Gasteiger partial charge in [-0.05, 0) is 46.6 Å². The molecule has 31 heavy (non-hydrogen) atoms. The highest BCUT2D eigenvalue weighted by Crippen LogP contribution is 2.17. The number of hydrogen-bond acceptors (Lipinski definition) is 3. The molecule has 0 aliphatic heterocycles. The monoisotopic (exact) mass is 428 g/mol. The number of hydrogen-bond donors (Lipinski definition) is 4. The van der Waals surface area contributed by atoms with Crippen molar-refractivity contribution in [3.8, 4) is 0 Å². The van der Waals surface area contributed by atoms with E-state index in [2.05, 4.69) is 16.4 Å². The summed E-state index contributed by atoms with van der Waals surface area (Å²) >= 11 is 0. The van der Waals surface area contributed by atoms with Gasteiger partial charge in [0.05, 0.1) is 0 Å². The fraction of sp³-hybridized carbons (Fsp3) is 0.0800. The molecule has 0 bridgehead atoms. The Hall–Kier alpha value is -3.45. The van der Waals surface area contributed by atoms with Crippen LogP contribution in [0.1, 0.15) is 21.5 Å². The molecule has 0 atom stereocenters. The zero-order chi connectivity index (χ0) is 21.7. The number of aromatic amines is 1. The second-order valence-electron chi connectivity index (χ2n) is 7.42. The number of H-pyrrole nitrogens is 1. The topological polar surface area (TPSA) is 85.4 Å². The van der Waals surface area contributed by atoms with Gasteiger partial charge in [-0.2, -0.15) is 0 Å². The molecule has 5 nitrogen and oxygen atoms in total. The SMILES string of the molecule is O=C(NCCc1c[nH]c2ccccc12)c1cccc(C=C[Si](O)(O)c2ccccc2)c1. The van der Waals surface area contributed by atoms with Gasteiger partial charge in [0, 0.05) is 29.2 Å². The molecule has 1 aromatic heterocycles. The van der Waals surface area contributed by atoms with Gasteiger partial charge < -0.3 is 19.9 Å². The van der Waals surface area contributed by atoms with E-state index < -0.39 is 8.56 Å². The van der Waals surface area contributed by atoms with Crippen molar-refractivity contribution >= 4 is 36.6 Å². The van der Waals surface area contributed by atoms with E-state index in [0.717, 1.165) is 17.5 Å². The van der Waals surface area contributed by atoms with Crippen molar-refractivity contribution in [1.82, 2.24) is 10.3 Å². The Morgan fingerprint density at radius 1 is 0.968 bits per heavy atom. The Bertz CT molecular complexity index is 1220. The van der Waals surface area contributed by atoms with Gasteiger partial charge >= 0.3 is 8.56 Å². The summed E-state index contributed by atoms with van der Waals surface area (Å²) < 4.78 is 0. The molecule has 156 valence electrons. The predicted octanol–water partition coefficient (Wildman–Crippen LogP) is 3.03. The van der Waals surface area contributed by atoms with Gasteiger partial charge in [-0.3, -0.25) is 4.79 Å². The van der Waals surface area contributed by atoms with Crippen molar-refractivity contribution in [1.29, 1.82) is 0 Å². The van der Waals surface area contributed by atoms with Crippen LogP contribution in [-0.2, 0) is 6.42 Å². The first kappa shape index (κ1) is 20.8. The van der Waals surface area contributed by atoms with Crippen LogP contribution in [0.15, 0.2) is 90.8 Å². The number of nitrogens with one attached hydrogen (secondary N) is 2. The molecule has 4 N–H and O–H groups in total. The van der Waals surface area contributed by atoms with Crippen LogP contribution in [0.25, 0.3) is 17.0 Å². The molecule has 1 amide bonds. The van der Waals surface area contributed by atoms with Crippen LogP contribution in [0.3, 0.4) is 0 Å². The van der Waals surface area contributed by atoms with E-state index in [4.69, 9.17) is 0 Å². The summed E-state index contributed by atoms with van der Waals surface area (Å²) in [4.78, 5) is 36.7. The number of benzene rings is 3. The highest BCUT2D eigenvalue weighted by atomic mass is 28.4. The van der Waals surface area contributed by atoms with E-state index in [1.165, 1.54) is 16.6 Å². The third kappa shape index (κ3) is 5.00. The molecular formula is C25H24N2O3Si. The van der Waals surface area contributed by atoms with Crippen molar-refractivity contribution < 1.29 is 14.4 Å². The first-order valence-electron chi connectivity index (χ1n) is 10.2. The quantitative estimate of drug-likeness (QED) is 0.341. The lowest BCUT2D eigenvalue weighted by atomic mass is 10.1. The van der Waals surface area contributed by atoms with Crippen LogP contribution in [0.4, 0.5) is 0 Å². The molecule has 0 unspecified atom stereocenters. The van der Waals surface area contributed by atoms with Crippen molar-refractivity contribution in [3.63, 3.8) is 0 Å². The minimum Gasteiger partial charge on any atom is -0.404 e. The van der Waals surface area contributed by atoms with E-state index in [0.29, 0.717) is 17.3 Å². The molecule has 4 aromatic rings. The maximum Gasteiger partial charge on any atom is 0.394 e. The fourth-order valence-electron chi connectivity index (χ4n) is 3.53. The third-order valence-electron chi connectivity index (χ3n) is 5.21. The lowest BCUT2D eigenvalue weighted by Crippen LogP contribution is -2.46. The van der Waals surface area contributed by atoms with E-state index in [1.54, 1.807) is 48.5 Å². The summed E-state index contributed by atoms with van der Waals surface area (Å²) in [6.07, 6.45) is 4.37. The number of carbonyl (C=O) groups is 1. The van der Waals surface area contributed by atoms with E-state index in [1.807, 2.05) is 36.5 Å². The van der Waals surface area contributed by atoms with Crippen molar-refractivity contribution in [2.45, 2.75) is 6.42 Å². The Morgan fingerprint density at radius 3 is 2.58 bits per heavy atom. The summed E-state index contributed by atoms with van der Waals surface area (Å²) in [5.41, 5.74) is 4.96. The lowest BCUT2D eigenvalue weighted by Gasteiger charge is -2.13. The lowest BCUT2D eigenvalue weighted by molar-refractivity contribution is 0.0954. The standard InChI is InChI=1S/C25H24N2O3Si/c28-25(26-15-13-21-18-27-24-12-5-4-11-23(21)24)20-8-6-7-19(17-20)14-16-31(29,30)22-9-2-1-3-10-22/h1-12,14,16-18,27,29-30H,13,15H2,(H,26,28). The Morgan fingerprint density at radius 2 is 1.74 bits per heavy atom. The van der Waals surface area contributed by atoms with Gasteiger partial charge in [0.2, 0.25) is 0 Å². The summed E-state index contributed by atoms with van der Waals surface area (Å²) in [6, 6.07) is 24.0. The van der Waals surface area contributed by atoms with Gasteiger partial charge in [0.1, 0.15) is 0 Å². The predicted molar refractivity (Wildman–Crippen MR) is 126 cm³/mol. The second kappa shape index (κ2) is 9.14. The zero-order valence-electron chi connectivity index (χ0n) is 17.0. The molecule has 4 rings (SSSR count). The summed E-state index contributed by atoms with van der Waals surface area (Å²) in [5.74, 6) is -0.158. The maximum absolute atomic E-state index is 12.6. The Labute approximate surface area is 181 Å². The van der Waals surface area contributed by atoms with Gasteiger partial charge in [-0.1, -0.05) is 66.7 Å². The van der Waals surface area contributed by atoms with Crippen LogP contribution in [0.2, 0.25) is 0 Å². The molecule has 0 saturated carbocycles. The fourth-order valence-corrected chi connectivity index (χ4v) is 4.83. The summed E-state index contributed by atoms with van der Waals surface area (Å²) in [6.45, 7) is 0.526. The minimum atomic E-state index is -3.67. The first-order chi connectivity index (χ1) is 15.0. The van der Waals surface area contributed by atoms with E-state index in [9.17, 15) is 14.4 Å². The van der Waals surface area contributed by atoms with Crippen LogP contribution in [0.5, 0.6) is 0 Å². The average molecular weight is 429 g/mol. The molecule has 0 saturated heterocycles. The van der Waals surface area contributed by atoms with Gasteiger partial charge in [-0.25, -0.2) is 0 Å². The van der Waals surface area contributed by atoms with E-state index in [-0.39, 0.29) is 5.91 Å². The number of fused-ring (bicyclic) bond motifs is 1. The van der Waals surface area contributed by atoms with Crippen LogP contribution in [-0.4, -0.2) is 35.6 Å². The highest BCUT2D eigenvalue weighted by Gasteiger charge is 2.28. The van der Waals surface area contributed by atoms with Crippen LogP contribution >= 0.6 is 0 Å². The number of amides is 1. The molecule has 0 aliphatic rings. The molecular weight excluding hydrogens is 404 g/mol. The zero-order valence-corrected chi connectivity index (χ0v) is 18.0.